The predicted octanol–water partition coefficient (Wildman–Crippen LogP) is 4.31. The largest absolute Gasteiger partial charge is 0.480 e. The number of nitrogens with zero attached hydrogens (tertiary/aromatic N) is 2. The van der Waals surface area contributed by atoms with Crippen LogP contribution in [0.1, 0.15) is 23.4 Å². The van der Waals surface area contributed by atoms with Crippen LogP contribution in [-0.2, 0) is 21.1 Å². The second-order valence-corrected chi connectivity index (χ2v) is 9.66. The molecule has 0 aliphatic heterocycles. The van der Waals surface area contributed by atoms with Crippen molar-refractivity contribution < 1.29 is 22.7 Å². The second kappa shape index (κ2) is 7.66. The monoisotopic (exact) mass is 444 g/mol. The van der Waals surface area contributed by atoms with Gasteiger partial charge in [-0.2, -0.15) is 0 Å². The number of aliphatic carboxylic acids is 1. The normalized spacial score (nSPS) is 12.9. The van der Waals surface area contributed by atoms with E-state index in [1.54, 1.807) is 28.3 Å². The Morgan fingerprint density at radius 2 is 2.07 bits per heavy atom. The maximum Gasteiger partial charge on any atom is 0.326 e. The van der Waals surface area contributed by atoms with Crippen molar-refractivity contribution in [2.24, 2.45) is 0 Å². The number of halogens is 1. The Morgan fingerprint density at radius 3 is 2.77 bits per heavy atom. The van der Waals surface area contributed by atoms with Crippen LogP contribution in [-0.4, -0.2) is 29.0 Å². The van der Waals surface area contributed by atoms with E-state index in [0.29, 0.717) is 21.3 Å². The first-order chi connectivity index (χ1) is 14.3. The molecule has 1 unspecified atom stereocenters. The van der Waals surface area contributed by atoms with Gasteiger partial charge in [0.05, 0.1) is 4.90 Å². The van der Waals surface area contributed by atoms with E-state index >= 15 is 0 Å². The number of sulfone groups is 1. The number of hydrogen-bond donors (Lipinski definition) is 1. The average Bonchev–Trinajstić information content (AvgIpc) is 3.33. The van der Waals surface area contributed by atoms with Gasteiger partial charge < -0.3 is 9.67 Å². The van der Waals surface area contributed by atoms with Gasteiger partial charge in [0.15, 0.2) is 5.03 Å². The maximum atomic E-state index is 13.9. The number of rotatable bonds is 6. The molecular formula is C21H17FN2O4S2. The quantitative estimate of drug-likeness (QED) is 0.479. The van der Waals surface area contributed by atoms with Gasteiger partial charge in [-0.3, -0.25) is 0 Å². The van der Waals surface area contributed by atoms with Crippen molar-refractivity contribution in [3.8, 4) is 0 Å². The third-order valence-corrected chi connectivity index (χ3v) is 7.71. The molecule has 0 aliphatic carbocycles. The number of benzene rings is 1. The molecule has 0 spiro atoms. The number of hydrogen-bond acceptors (Lipinski definition) is 5. The Kier molecular flexibility index (Phi) is 5.17. The van der Waals surface area contributed by atoms with E-state index in [9.17, 15) is 22.7 Å². The Hall–Kier alpha value is -3.04. The van der Waals surface area contributed by atoms with Crippen molar-refractivity contribution in [3.63, 3.8) is 0 Å². The minimum Gasteiger partial charge on any atom is -0.480 e. The molecular weight excluding hydrogens is 427 g/mol. The van der Waals surface area contributed by atoms with E-state index in [1.165, 1.54) is 54.8 Å². The van der Waals surface area contributed by atoms with E-state index in [1.807, 2.05) is 0 Å². The Labute approximate surface area is 176 Å². The van der Waals surface area contributed by atoms with Gasteiger partial charge in [-0.05, 0) is 54.3 Å². The van der Waals surface area contributed by atoms with E-state index in [2.05, 4.69) is 4.98 Å². The topological polar surface area (TPSA) is 89.3 Å². The smallest absolute Gasteiger partial charge is 0.326 e. The number of pyridine rings is 1. The van der Waals surface area contributed by atoms with Crippen LogP contribution in [0.2, 0.25) is 0 Å². The number of carboxylic acid groups (broad SMARTS) is 1. The van der Waals surface area contributed by atoms with E-state index < -0.39 is 27.7 Å². The molecule has 0 aliphatic rings. The molecule has 1 N–H and O–H groups in total. The van der Waals surface area contributed by atoms with Crippen molar-refractivity contribution >= 4 is 38.0 Å². The summed E-state index contributed by atoms with van der Waals surface area (Å²) in [6.07, 6.45) is 3.29. The molecule has 3 heterocycles. The van der Waals surface area contributed by atoms with E-state index in [-0.39, 0.29) is 16.3 Å². The van der Waals surface area contributed by atoms with Gasteiger partial charge in [-0.1, -0.05) is 6.07 Å². The van der Waals surface area contributed by atoms with Gasteiger partial charge in [0.25, 0.3) is 0 Å². The van der Waals surface area contributed by atoms with E-state index in [4.69, 9.17) is 0 Å². The molecule has 0 amide bonds. The first kappa shape index (κ1) is 20.2. The Bertz CT molecular complexity index is 1340. The van der Waals surface area contributed by atoms with Crippen LogP contribution in [0.4, 0.5) is 4.39 Å². The number of carboxylic acids is 1. The fourth-order valence-corrected chi connectivity index (χ4v) is 6.02. The summed E-state index contributed by atoms with van der Waals surface area (Å²) in [4.78, 5) is 16.2. The third-order valence-electron chi connectivity index (χ3n) is 4.91. The summed E-state index contributed by atoms with van der Waals surface area (Å²) in [5, 5.41) is 11.6. The van der Waals surface area contributed by atoms with Crippen LogP contribution in [0.3, 0.4) is 0 Å². The zero-order valence-corrected chi connectivity index (χ0v) is 17.5. The molecule has 3 aromatic heterocycles. The molecule has 0 saturated heterocycles. The Morgan fingerprint density at radius 1 is 1.27 bits per heavy atom. The lowest BCUT2D eigenvalue weighted by atomic mass is 10.1. The molecule has 154 valence electrons. The summed E-state index contributed by atoms with van der Waals surface area (Å²) < 4.78 is 41.5. The number of carbonyl (C=O) groups is 1. The second-order valence-electron chi connectivity index (χ2n) is 6.79. The molecule has 4 rings (SSSR count). The zero-order valence-electron chi connectivity index (χ0n) is 15.8. The van der Waals surface area contributed by atoms with Crippen molar-refractivity contribution in [2.75, 3.05) is 0 Å². The fourth-order valence-electron chi connectivity index (χ4n) is 3.37. The number of thiophene rings is 1. The third kappa shape index (κ3) is 3.50. The summed E-state index contributed by atoms with van der Waals surface area (Å²) in [6, 6.07) is 9.52. The summed E-state index contributed by atoms with van der Waals surface area (Å²) >= 11 is 1.28. The maximum absolute atomic E-state index is 13.9. The zero-order chi connectivity index (χ0) is 21.5. The molecule has 1 aromatic carbocycles. The van der Waals surface area contributed by atoms with Gasteiger partial charge in [-0.25, -0.2) is 22.6 Å². The first-order valence-electron chi connectivity index (χ1n) is 9.03. The van der Waals surface area contributed by atoms with Crippen molar-refractivity contribution in [2.45, 2.75) is 29.3 Å². The predicted molar refractivity (Wildman–Crippen MR) is 111 cm³/mol. The van der Waals surface area contributed by atoms with Crippen LogP contribution in [0.25, 0.3) is 10.9 Å². The molecule has 1 atom stereocenters. The van der Waals surface area contributed by atoms with Crippen molar-refractivity contribution in [1.29, 1.82) is 0 Å². The lowest BCUT2D eigenvalue weighted by molar-refractivity contribution is -0.140. The lowest BCUT2D eigenvalue weighted by Crippen LogP contribution is -2.14. The minimum absolute atomic E-state index is 0.0439. The number of aromatic nitrogens is 2. The van der Waals surface area contributed by atoms with Crippen LogP contribution in [0.15, 0.2) is 70.2 Å². The highest BCUT2D eigenvalue weighted by molar-refractivity contribution is 7.91. The van der Waals surface area contributed by atoms with Gasteiger partial charge in [0.2, 0.25) is 9.84 Å². The standard InChI is InChI=1S/C21H17FN2O4S2/c1-13(21(25)26)24-12-14(16-11-15(22)5-6-17(16)24)10-18-19(7-9-29-18)30(27,28)20-4-2-3-8-23-20/h2-9,11-13H,10H2,1H3,(H,25,26). The molecule has 6 nitrogen and oxygen atoms in total. The highest BCUT2D eigenvalue weighted by atomic mass is 32.2. The van der Waals surface area contributed by atoms with Gasteiger partial charge in [-0.15, -0.1) is 11.3 Å². The fraction of sp³-hybridized carbons (Fsp3) is 0.143. The van der Waals surface area contributed by atoms with Crippen molar-refractivity contribution in [3.05, 3.63) is 76.5 Å². The van der Waals surface area contributed by atoms with Crippen LogP contribution >= 0.6 is 11.3 Å². The minimum atomic E-state index is -3.81. The van der Waals surface area contributed by atoms with Crippen LogP contribution in [0.5, 0.6) is 0 Å². The highest BCUT2D eigenvalue weighted by Crippen LogP contribution is 2.33. The summed E-state index contributed by atoms with van der Waals surface area (Å²) in [5.41, 5.74) is 1.23. The highest BCUT2D eigenvalue weighted by Gasteiger charge is 2.25. The lowest BCUT2D eigenvalue weighted by Gasteiger charge is -2.09. The van der Waals surface area contributed by atoms with Crippen LogP contribution < -0.4 is 0 Å². The molecule has 9 heteroatoms. The molecule has 30 heavy (non-hydrogen) atoms. The first-order valence-corrected chi connectivity index (χ1v) is 11.4. The Balaban J connectivity index is 1.81. The summed E-state index contributed by atoms with van der Waals surface area (Å²) in [5.74, 6) is -1.46. The molecule has 0 saturated carbocycles. The van der Waals surface area contributed by atoms with E-state index in [0.717, 1.165) is 0 Å². The molecule has 0 bridgehead atoms. The number of fused-ring (bicyclic) bond motifs is 1. The van der Waals surface area contributed by atoms with Crippen molar-refractivity contribution in [1.82, 2.24) is 9.55 Å². The van der Waals surface area contributed by atoms with Gasteiger partial charge in [0.1, 0.15) is 11.9 Å². The van der Waals surface area contributed by atoms with Crippen LogP contribution in [0, 0.1) is 5.82 Å². The van der Waals surface area contributed by atoms with Gasteiger partial charge in [0, 0.05) is 34.6 Å². The van der Waals surface area contributed by atoms with Gasteiger partial charge >= 0.3 is 5.97 Å². The molecule has 0 radical (unpaired) electrons. The average molecular weight is 445 g/mol. The summed E-state index contributed by atoms with van der Waals surface area (Å²) in [6.45, 7) is 1.54. The molecule has 4 aromatic rings. The SMILES string of the molecule is CC(C(=O)O)n1cc(Cc2sccc2S(=O)(=O)c2ccccn2)c2cc(F)ccc21. The molecule has 0 fully saturated rings. The summed E-state index contributed by atoms with van der Waals surface area (Å²) in [7, 11) is -3.81.